The first-order valence-electron chi connectivity index (χ1n) is 9.60. The molecule has 0 aliphatic heterocycles. The molecule has 0 bridgehead atoms. The average Bonchev–Trinajstić information content (AvgIpc) is 3.47. The molecule has 0 radical (unpaired) electrons. The van der Waals surface area contributed by atoms with E-state index in [2.05, 4.69) is 24.0 Å². The van der Waals surface area contributed by atoms with Gasteiger partial charge in [0.15, 0.2) is 0 Å². The van der Waals surface area contributed by atoms with Crippen LogP contribution < -0.4 is 11.4 Å². The SMILES string of the molecule is CC(C)n1cc(-c2csc(Cn3cnn(CC(CN)=C(F)F)c3=O)c2)cn1.O=C(O)C(F)(F)F. The van der Waals surface area contributed by atoms with Crippen molar-refractivity contribution in [3.8, 4) is 11.1 Å². The second-order valence-electron chi connectivity index (χ2n) is 7.17. The Morgan fingerprint density at radius 2 is 1.88 bits per heavy atom. The van der Waals surface area contributed by atoms with Crippen molar-refractivity contribution in [2.45, 2.75) is 39.2 Å². The van der Waals surface area contributed by atoms with Crippen LogP contribution in [0.2, 0.25) is 0 Å². The quantitative estimate of drug-likeness (QED) is 0.473. The molecule has 0 spiro atoms. The van der Waals surface area contributed by atoms with E-state index < -0.39 is 23.9 Å². The predicted octanol–water partition coefficient (Wildman–Crippen LogP) is 3.34. The second-order valence-corrected chi connectivity index (χ2v) is 8.17. The summed E-state index contributed by atoms with van der Waals surface area (Å²) in [7, 11) is 0. The van der Waals surface area contributed by atoms with Crippen molar-refractivity contribution >= 4 is 17.3 Å². The van der Waals surface area contributed by atoms with Crippen molar-refractivity contribution in [2.75, 3.05) is 6.54 Å². The number of nitrogens with zero attached hydrogens (tertiary/aromatic N) is 5. The second kappa shape index (κ2) is 11.2. The Labute approximate surface area is 193 Å². The Bertz CT molecular complexity index is 1200. The molecule has 3 N–H and O–H groups in total. The molecule has 0 aliphatic rings. The third kappa shape index (κ3) is 7.08. The van der Waals surface area contributed by atoms with Crippen LogP contribution in [0.5, 0.6) is 0 Å². The van der Waals surface area contributed by atoms with Crippen LogP contribution in [0.3, 0.4) is 0 Å². The summed E-state index contributed by atoms with van der Waals surface area (Å²) >= 11 is 1.52. The standard InChI is InChI=1S/C17H20F2N6OS.C2HF3O2/c1-11(2)24-7-14(5-21-24)12-3-15(27-9-12)8-23-10-22-25(17(23)26)6-13(4-20)16(18)19;3-2(4,5)1(6)7/h3,5,7,9-11H,4,6,8,20H2,1-2H3;(H,6,7). The van der Waals surface area contributed by atoms with E-state index in [1.807, 2.05) is 28.5 Å². The number of nitrogens with two attached hydrogens (primary N) is 1. The molecule has 9 nitrogen and oxygen atoms in total. The molecular weight excluding hydrogens is 487 g/mol. The van der Waals surface area contributed by atoms with Gasteiger partial charge < -0.3 is 10.8 Å². The Balaban J connectivity index is 0.000000509. The average molecular weight is 508 g/mol. The van der Waals surface area contributed by atoms with Gasteiger partial charge in [-0.15, -0.1) is 11.3 Å². The van der Waals surface area contributed by atoms with Gasteiger partial charge in [-0.3, -0.25) is 9.25 Å². The van der Waals surface area contributed by atoms with Crippen LogP contribution in [0.1, 0.15) is 24.8 Å². The van der Waals surface area contributed by atoms with E-state index in [1.165, 1.54) is 22.2 Å². The summed E-state index contributed by atoms with van der Waals surface area (Å²) in [5.41, 5.74) is 6.56. The minimum atomic E-state index is -5.08. The molecule has 15 heteroatoms. The fourth-order valence-electron chi connectivity index (χ4n) is 2.52. The first kappa shape index (κ1) is 26.9. The van der Waals surface area contributed by atoms with E-state index in [0.717, 1.165) is 20.7 Å². The number of thiophene rings is 1. The van der Waals surface area contributed by atoms with Gasteiger partial charge in [-0.2, -0.15) is 32.1 Å². The maximum Gasteiger partial charge on any atom is 0.490 e. The fraction of sp³-hybridized carbons (Fsp3) is 0.368. The van der Waals surface area contributed by atoms with Gasteiger partial charge in [0.2, 0.25) is 0 Å². The van der Waals surface area contributed by atoms with Crippen LogP contribution >= 0.6 is 11.3 Å². The van der Waals surface area contributed by atoms with E-state index in [4.69, 9.17) is 15.6 Å². The number of aromatic nitrogens is 5. The molecule has 0 unspecified atom stereocenters. The maximum atomic E-state index is 12.7. The third-order valence-corrected chi connectivity index (χ3v) is 5.26. The number of carbonyl (C=O) groups is 1. The molecule has 0 fully saturated rings. The summed E-state index contributed by atoms with van der Waals surface area (Å²) in [6, 6.07) is 2.27. The zero-order valence-electron chi connectivity index (χ0n) is 18.0. The lowest BCUT2D eigenvalue weighted by atomic mass is 10.2. The van der Waals surface area contributed by atoms with Crippen molar-refractivity contribution in [3.05, 3.63) is 57.2 Å². The summed E-state index contributed by atoms with van der Waals surface area (Å²) in [6.07, 6.45) is -1.82. The monoisotopic (exact) mass is 508 g/mol. The van der Waals surface area contributed by atoms with Gasteiger partial charge in [-0.05, 0) is 30.9 Å². The van der Waals surface area contributed by atoms with Gasteiger partial charge in [0.05, 0.1) is 19.3 Å². The minimum Gasteiger partial charge on any atom is -0.475 e. The van der Waals surface area contributed by atoms with E-state index in [-0.39, 0.29) is 24.7 Å². The number of hydrogen-bond donors (Lipinski definition) is 2. The lowest BCUT2D eigenvalue weighted by molar-refractivity contribution is -0.192. The molecule has 3 heterocycles. The zero-order chi connectivity index (χ0) is 25.6. The van der Waals surface area contributed by atoms with E-state index in [0.29, 0.717) is 6.54 Å². The normalized spacial score (nSPS) is 11.3. The molecule has 0 aromatic carbocycles. The highest BCUT2D eigenvalue weighted by Gasteiger charge is 2.38. The predicted molar refractivity (Wildman–Crippen MR) is 114 cm³/mol. The first-order valence-corrected chi connectivity index (χ1v) is 10.5. The third-order valence-electron chi connectivity index (χ3n) is 4.34. The van der Waals surface area contributed by atoms with Crippen molar-refractivity contribution in [1.29, 1.82) is 0 Å². The van der Waals surface area contributed by atoms with E-state index >= 15 is 0 Å². The van der Waals surface area contributed by atoms with Crippen LogP contribution in [-0.2, 0) is 17.9 Å². The summed E-state index contributed by atoms with van der Waals surface area (Å²) in [4.78, 5) is 22.2. The summed E-state index contributed by atoms with van der Waals surface area (Å²) in [6.45, 7) is 3.80. The molecule has 3 aromatic rings. The molecular formula is C19H21F5N6O3S. The summed E-state index contributed by atoms with van der Waals surface area (Å²) in [5, 5.41) is 17.4. The number of hydrogen-bond acceptors (Lipinski definition) is 6. The van der Waals surface area contributed by atoms with Crippen molar-refractivity contribution in [3.63, 3.8) is 0 Å². The lowest BCUT2D eigenvalue weighted by Crippen LogP contribution is -2.27. The molecule has 0 amide bonds. The van der Waals surface area contributed by atoms with Gasteiger partial charge in [0.25, 0.3) is 6.08 Å². The number of carboxylic acid groups (broad SMARTS) is 1. The number of alkyl halides is 3. The van der Waals surface area contributed by atoms with E-state index in [9.17, 15) is 26.7 Å². The molecule has 0 aliphatic carbocycles. The summed E-state index contributed by atoms with van der Waals surface area (Å²) in [5.74, 6) is -2.76. The zero-order valence-corrected chi connectivity index (χ0v) is 18.8. The van der Waals surface area contributed by atoms with Crippen LogP contribution in [-0.4, -0.2) is 47.9 Å². The smallest absolute Gasteiger partial charge is 0.475 e. The topological polar surface area (TPSA) is 121 Å². The van der Waals surface area contributed by atoms with Gasteiger partial charge in [-0.1, -0.05) is 0 Å². The van der Waals surface area contributed by atoms with Crippen LogP contribution in [0, 0.1) is 0 Å². The maximum absolute atomic E-state index is 12.7. The van der Waals surface area contributed by atoms with Crippen LogP contribution in [0.15, 0.2) is 46.6 Å². The number of carboxylic acids is 1. The minimum absolute atomic E-state index is 0.280. The van der Waals surface area contributed by atoms with Crippen LogP contribution in [0.25, 0.3) is 11.1 Å². The number of halogens is 5. The molecule has 0 saturated heterocycles. The Morgan fingerprint density at radius 3 is 2.38 bits per heavy atom. The van der Waals surface area contributed by atoms with Crippen LogP contribution in [0.4, 0.5) is 22.0 Å². The number of rotatable bonds is 7. The molecule has 186 valence electrons. The van der Waals surface area contributed by atoms with Gasteiger partial charge in [0, 0.05) is 34.8 Å². The van der Waals surface area contributed by atoms with Gasteiger partial charge in [-0.25, -0.2) is 14.3 Å². The highest BCUT2D eigenvalue weighted by Crippen LogP contribution is 2.26. The first-order chi connectivity index (χ1) is 15.8. The Hall–Kier alpha value is -3.33. The van der Waals surface area contributed by atoms with Crippen molar-refractivity contribution < 1.29 is 31.9 Å². The highest BCUT2D eigenvalue weighted by molar-refractivity contribution is 7.10. The van der Waals surface area contributed by atoms with Crippen molar-refractivity contribution in [1.82, 2.24) is 24.1 Å². The highest BCUT2D eigenvalue weighted by atomic mass is 32.1. The van der Waals surface area contributed by atoms with Crippen molar-refractivity contribution in [2.24, 2.45) is 5.73 Å². The summed E-state index contributed by atoms with van der Waals surface area (Å²) < 4.78 is 61.5. The fourth-order valence-corrected chi connectivity index (χ4v) is 3.41. The lowest BCUT2D eigenvalue weighted by Gasteiger charge is -2.02. The van der Waals surface area contributed by atoms with Gasteiger partial charge in [0.1, 0.15) is 6.33 Å². The van der Waals surface area contributed by atoms with E-state index in [1.54, 1.807) is 0 Å². The largest absolute Gasteiger partial charge is 0.490 e. The molecule has 0 saturated carbocycles. The number of aliphatic carboxylic acids is 1. The Morgan fingerprint density at radius 1 is 1.24 bits per heavy atom. The molecule has 0 atom stereocenters. The van der Waals surface area contributed by atoms with Gasteiger partial charge >= 0.3 is 17.8 Å². The molecule has 34 heavy (non-hydrogen) atoms. The molecule has 3 aromatic heterocycles. The molecule has 3 rings (SSSR count). The Kier molecular flexibility index (Phi) is 8.86.